The standard InChI is InChI=1S/C24H19NO2S.C23H17NO2S.2C7H7.Hf/c1-26-22-14-8-5-11-18(22)19-15-28-24(23(19)27-2)25-20-12-6-3-9-16(20)17-10-4-7-13-21(17)25;1-26-21-13-7-4-10-17(21)18-14-27-23(22(18)25)24-19-11-5-2-8-15(19)16-9-3-6-12-20(16)24;2*1-7-5-3-2-4-6-7;/h3-15H,1-2H3;2-14,25H,1H3;2*2-6H,1H2;/q;;2*-1;/p+2. The monoisotopic (exact) mass is 1120 g/mol. The molecule has 346 valence electrons. The van der Waals surface area contributed by atoms with Gasteiger partial charge in [-0.1, -0.05) is 109 Å². The van der Waals surface area contributed by atoms with Crippen molar-refractivity contribution in [2.24, 2.45) is 0 Å². The molecule has 0 amide bonds. The zero-order chi connectivity index (χ0) is 47.7. The first-order chi connectivity index (χ1) is 33.9. The minimum atomic E-state index is 0. The number of aliphatic hydroxyl groups is 2. The molecule has 4 heterocycles. The molecule has 70 heavy (non-hydrogen) atoms. The van der Waals surface area contributed by atoms with Crippen molar-refractivity contribution in [3.8, 4) is 55.3 Å². The first kappa shape index (κ1) is 49.0. The second-order valence-electron chi connectivity index (χ2n) is 16.0. The number of thiophene rings is 2. The van der Waals surface area contributed by atoms with E-state index in [0.29, 0.717) is 5.75 Å². The molecule has 0 atom stereocenters. The molecule has 0 fully saturated rings. The molecule has 12 rings (SSSR count). The van der Waals surface area contributed by atoms with Gasteiger partial charge in [-0.15, -0.1) is 46.9 Å². The quantitative estimate of drug-likeness (QED) is 0.0982. The van der Waals surface area contributed by atoms with E-state index in [1.807, 2.05) is 128 Å². The Kier molecular flexibility index (Phi) is 16.0. The molecule has 12 aromatic rings. The zero-order valence-electron chi connectivity index (χ0n) is 39.2. The van der Waals surface area contributed by atoms with Crippen molar-refractivity contribution in [3.63, 3.8) is 0 Å². The maximum atomic E-state index is 11.1. The summed E-state index contributed by atoms with van der Waals surface area (Å²) in [4.78, 5) is 0. The van der Waals surface area contributed by atoms with Gasteiger partial charge in [0, 0.05) is 81.4 Å². The van der Waals surface area contributed by atoms with Gasteiger partial charge in [0.1, 0.15) is 10.0 Å². The molecule has 4 aromatic heterocycles. The number of hydrogen-bond acceptors (Lipinski definition) is 4. The van der Waals surface area contributed by atoms with Gasteiger partial charge in [0.2, 0.25) is 0 Å². The second-order valence-corrected chi connectivity index (χ2v) is 17.7. The molecule has 0 spiro atoms. The normalized spacial score (nSPS) is 10.6. The molecule has 0 aliphatic rings. The molecule has 0 saturated carbocycles. The molecule has 0 aliphatic heterocycles. The summed E-state index contributed by atoms with van der Waals surface area (Å²) in [6, 6.07) is 69.5. The van der Waals surface area contributed by atoms with Crippen LogP contribution in [0.3, 0.4) is 0 Å². The molecule has 3 N–H and O–H groups in total. The fraction of sp³-hybridized carbons (Fsp3) is 0.0492. The van der Waals surface area contributed by atoms with Crippen LogP contribution in [-0.4, -0.2) is 45.0 Å². The van der Waals surface area contributed by atoms with E-state index in [-0.39, 0.29) is 25.8 Å². The molecular formula is C61H52HfN2O4S2. The van der Waals surface area contributed by atoms with E-state index in [1.165, 1.54) is 32.6 Å². The van der Waals surface area contributed by atoms with Gasteiger partial charge in [-0.25, -0.2) is 0 Å². The average Bonchev–Trinajstić information content (AvgIpc) is 4.17. The topological polar surface area (TPSA) is 64.9 Å². The summed E-state index contributed by atoms with van der Waals surface area (Å²) in [6.07, 6.45) is 0. The van der Waals surface area contributed by atoms with Gasteiger partial charge in [0.15, 0.2) is 25.7 Å². The Morgan fingerprint density at radius 3 is 1.13 bits per heavy atom. The molecule has 0 bridgehead atoms. The minimum Gasteiger partial charge on any atom is -0.584 e. The van der Waals surface area contributed by atoms with Crippen LogP contribution in [0.15, 0.2) is 217 Å². The Labute approximate surface area is 436 Å². The van der Waals surface area contributed by atoms with Crippen LogP contribution in [0.5, 0.6) is 23.0 Å². The van der Waals surface area contributed by atoms with Crippen LogP contribution in [0.1, 0.15) is 11.1 Å². The van der Waals surface area contributed by atoms with Crippen molar-refractivity contribution < 1.29 is 45.2 Å². The van der Waals surface area contributed by atoms with Gasteiger partial charge >= 0.3 is 0 Å². The van der Waals surface area contributed by atoms with Gasteiger partial charge in [0.25, 0.3) is 11.5 Å². The fourth-order valence-corrected chi connectivity index (χ4v) is 10.7. The number of para-hydroxylation sites is 6. The SMILES string of the molecule is COc1c(-c2ccccc2[OH+]C)csc1-n1c2ccccc2c2ccccc21.C[OH+]c1ccccc1-c1csc(-n2c3ccccc3c3ccccc32)c1O.[CH2-]c1ccccc1.[CH2-]c1ccccc1.[Hf]. The number of methoxy groups -OCH3 is 1. The van der Waals surface area contributed by atoms with Crippen LogP contribution in [0.25, 0.3) is 75.9 Å². The van der Waals surface area contributed by atoms with E-state index in [1.54, 1.807) is 36.9 Å². The number of aromatic nitrogens is 2. The summed E-state index contributed by atoms with van der Waals surface area (Å²) < 4.78 is 19.2. The first-order valence-corrected chi connectivity index (χ1v) is 24.2. The number of benzene rings is 8. The molecular weight excluding hydrogens is 1070 g/mol. The number of fused-ring (bicyclic) bond motifs is 6. The van der Waals surface area contributed by atoms with E-state index < -0.39 is 0 Å². The Balaban J connectivity index is 0.000000146. The maximum absolute atomic E-state index is 11.1. The summed E-state index contributed by atoms with van der Waals surface area (Å²) >= 11 is 3.25. The molecule has 9 heteroatoms. The summed E-state index contributed by atoms with van der Waals surface area (Å²) in [6.45, 7) is 7.44. The molecule has 0 radical (unpaired) electrons. The molecule has 8 aromatic carbocycles. The van der Waals surface area contributed by atoms with E-state index in [0.717, 1.165) is 71.7 Å². The van der Waals surface area contributed by atoms with Gasteiger partial charge in [-0.3, -0.25) is 9.13 Å². The number of nitrogens with zero attached hydrogens (tertiary/aromatic N) is 2. The van der Waals surface area contributed by atoms with Crippen molar-refractivity contribution in [1.29, 1.82) is 0 Å². The maximum Gasteiger partial charge on any atom is 0.262 e. The van der Waals surface area contributed by atoms with E-state index in [4.69, 9.17) is 4.74 Å². The summed E-state index contributed by atoms with van der Waals surface area (Å²) in [5.74, 6) is 3.02. The van der Waals surface area contributed by atoms with Crippen LogP contribution < -0.4 is 4.74 Å². The summed E-state index contributed by atoms with van der Waals surface area (Å²) in [5.41, 5.74) is 10.6. The third-order valence-electron chi connectivity index (χ3n) is 11.8. The Bertz CT molecular complexity index is 3490. The number of hydrogen-bond donors (Lipinski definition) is 1. The van der Waals surface area contributed by atoms with E-state index >= 15 is 0 Å². The van der Waals surface area contributed by atoms with Gasteiger partial charge in [0.05, 0.1) is 40.3 Å². The first-order valence-electron chi connectivity index (χ1n) is 22.5. The third kappa shape index (κ3) is 10.0. The third-order valence-corrected chi connectivity index (χ3v) is 13.7. The van der Waals surface area contributed by atoms with Crippen LogP contribution in [0, 0.1) is 13.8 Å². The van der Waals surface area contributed by atoms with E-state index in [9.17, 15) is 5.11 Å². The van der Waals surface area contributed by atoms with Crippen molar-refractivity contribution >= 4 is 66.3 Å². The fourth-order valence-electron chi connectivity index (χ4n) is 8.60. The van der Waals surface area contributed by atoms with Crippen molar-refractivity contribution in [3.05, 3.63) is 242 Å². The Morgan fingerprint density at radius 2 is 0.743 bits per heavy atom. The van der Waals surface area contributed by atoms with Gasteiger partial charge in [-0.2, -0.15) is 49.2 Å². The van der Waals surface area contributed by atoms with Crippen LogP contribution in [0.2, 0.25) is 0 Å². The second kappa shape index (κ2) is 22.8. The molecule has 0 aliphatic carbocycles. The number of ether oxygens (including phenoxy) is 3. The van der Waals surface area contributed by atoms with Gasteiger partial charge in [-0.05, 0) is 36.4 Å². The molecule has 0 unspecified atom stereocenters. The molecule has 6 nitrogen and oxygen atoms in total. The summed E-state index contributed by atoms with van der Waals surface area (Å²) in [5, 5.41) is 22.1. The Hall–Kier alpha value is -7.43. The van der Waals surface area contributed by atoms with Crippen LogP contribution in [0.4, 0.5) is 0 Å². The average molecular weight is 1120 g/mol. The van der Waals surface area contributed by atoms with Gasteiger partial charge < -0.3 is 19.3 Å². The van der Waals surface area contributed by atoms with Crippen molar-refractivity contribution in [2.45, 2.75) is 0 Å². The van der Waals surface area contributed by atoms with Crippen LogP contribution >= 0.6 is 22.7 Å². The molecule has 0 saturated heterocycles. The predicted molar refractivity (Wildman–Crippen MR) is 293 cm³/mol. The van der Waals surface area contributed by atoms with Crippen molar-refractivity contribution in [2.75, 3.05) is 21.3 Å². The predicted octanol–water partition coefficient (Wildman–Crippen LogP) is 16.2. The van der Waals surface area contributed by atoms with Crippen LogP contribution in [-0.2, 0) is 25.8 Å². The minimum absolute atomic E-state index is 0. The van der Waals surface area contributed by atoms with E-state index in [2.05, 4.69) is 129 Å². The zero-order valence-corrected chi connectivity index (χ0v) is 44.4. The summed E-state index contributed by atoms with van der Waals surface area (Å²) in [7, 11) is 5.34. The largest absolute Gasteiger partial charge is 0.584 e. The Morgan fingerprint density at radius 1 is 0.414 bits per heavy atom. The van der Waals surface area contributed by atoms with Crippen molar-refractivity contribution in [1.82, 2.24) is 9.13 Å². The number of aromatic hydroxyl groups is 3. The number of rotatable bonds is 7. The smallest absolute Gasteiger partial charge is 0.262 e.